The Morgan fingerprint density at radius 1 is 1.19 bits per heavy atom. The van der Waals surface area contributed by atoms with Crippen molar-refractivity contribution in [3.63, 3.8) is 0 Å². The molecule has 3 rings (SSSR count). The molecule has 0 saturated carbocycles. The standard InChI is InChI=1S/C20H17BrN4O7/c21-14-6-4-12(5-7-14)19(28)23-24-10-13(8-18(24)27)20(29)32-11-17(26)22-15-2-1-3-16(9-15)25(30)31/h1-7,9,13H,8,10-11H2,(H,22,26)(H,23,28)/t13-/m1/s1. The zero-order valence-corrected chi connectivity index (χ0v) is 18.0. The molecule has 1 aliphatic rings. The van der Waals surface area contributed by atoms with E-state index >= 15 is 0 Å². The second kappa shape index (κ2) is 10.0. The molecule has 1 atom stereocenters. The molecule has 3 amide bonds. The first-order chi connectivity index (χ1) is 15.2. The lowest BCUT2D eigenvalue weighted by molar-refractivity contribution is -0.384. The number of nitro groups is 1. The van der Waals surface area contributed by atoms with E-state index in [1.54, 1.807) is 24.3 Å². The second-order valence-electron chi connectivity index (χ2n) is 6.82. The van der Waals surface area contributed by atoms with Crippen molar-refractivity contribution in [2.45, 2.75) is 6.42 Å². The van der Waals surface area contributed by atoms with Crippen molar-refractivity contribution in [3.8, 4) is 0 Å². The van der Waals surface area contributed by atoms with E-state index in [4.69, 9.17) is 4.74 Å². The number of hydrogen-bond donors (Lipinski definition) is 2. The summed E-state index contributed by atoms with van der Waals surface area (Å²) in [4.78, 5) is 58.8. The first-order valence-corrected chi connectivity index (χ1v) is 10.1. The SMILES string of the molecule is O=C(COC(=O)[C@@H]1CC(=O)N(NC(=O)c2ccc(Br)cc2)C1)Nc1cccc([N+](=O)[O-])c1. The minimum atomic E-state index is -0.849. The van der Waals surface area contributed by atoms with Gasteiger partial charge in [0.25, 0.3) is 17.5 Å². The lowest BCUT2D eigenvalue weighted by Gasteiger charge is -2.17. The molecule has 0 spiro atoms. The summed E-state index contributed by atoms with van der Waals surface area (Å²) in [5.41, 5.74) is 2.77. The minimum absolute atomic E-state index is 0.0908. The van der Waals surface area contributed by atoms with Crippen LogP contribution in [0.4, 0.5) is 11.4 Å². The first-order valence-electron chi connectivity index (χ1n) is 9.31. The third-order valence-corrected chi connectivity index (χ3v) is 5.02. The monoisotopic (exact) mass is 504 g/mol. The van der Waals surface area contributed by atoms with E-state index < -0.39 is 41.1 Å². The van der Waals surface area contributed by atoms with E-state index in [0.29, 0.717) is 5.56 Å². The summed E-state index contributed by atoms with van der Waals surface area (Å²) in [6, 6.07) is 11.8. The van der Waals surface area contributed by atoms with Crippen molar-refractivity contribution < 1.29 is 28.8 Å². The van der Waals surface area contributed by atoms with Gasteiger partial charge in [-0.25, -0.2) is 0 Å². The van der Waals surface area contributed by atoms with Gasteiger partial charge in [0.15, 0.2) is 6.61 Å². The van der Waals surface area contributed by atoms with Gasteiger partial charge >= 0.3 is 5.97 Å². The Hall–Kier alpha value is -3.80. The van der Waals surface area contributed by atoms with E-state index in [0.717, 1.165) is 9.48 Å². The smallest absolute Gasteiger partial charge is 0.311 e. The Kier molecular flexibility index (Phi) is 7.15. The molecule has 0 unspecified atom stereocenters. The molecule has 0 bridgehead atoms. The number of non-ortho nitro benzene ring substituents is 1. The molecule has 11 nitrogen and oxygen atoms in total. The summed E-state index contributed by atoms with van der Waals surface area (Å²) in [5.74, 6) is -3.27. The molecule has 0 aromatic heterocycles. The highest BCUT2D eigenvalue weighted by molar-refractivity contribution is 9.10. The predicted octanol–water partition coefficient (Wildman–Crippen LogP) is 2.03. The number of nitro benzene ring substituents is 1. The molecule has 2 aromatic rings. The van der Waals surface area contributed by atoms with Gasteiger partial charge in [-0.3, -0.25) is 39.7 Å². The number of hydrazine groups is 1. The number of nitrogens with zero attached hydrogens (tertiary/aromatic N) is 2. The quantitative estimate of drug-likeness (QED) is 0.332. The van der Waals surface area contributed by atoms with Crippen LogP contribution in [-0.2, 0) is 19.1 Å². The van der Waals surface area contributed by atoms with Crippen LogP contribution in [0.15, 0.2) is 53.0 Å². The topological polar surface area (TPSA) is 148 Å². The number of amides is 3. The predicted molar refractivity (Wildman–Crippen MR) is 114 cm³/mol. The zero-order chi connectivity index (χ0) is 23.3. The lowest BCUT2D eigenvalue weighted by atomic mass is 10.1. The van der Waals surface area contributed by atoms with Crippen molar-refractivity contribution >= 4 is 51.0 Å². The Morgan fingerprint density at radius 2 is 1.91 bits per heavy atom. The van der Waals surface area contributed by atoms with E-state index in [2.05, 4.69) is 26.7 Å². The minimum Gasteiger partial charge on any atom is -0.455 e. The number of benzene rings is 2. The van der Waals surface area contributed by atoms with E-state index in [1.165, 1.54) is 24.3 Å². The molecule has 166 valence electrons. The number of esters is 1. The highest BCUT2D eigenvalue weighted by Crippen LogP contribution is 2.19. The van der Waals surface area contributed by atoms with Crippen LogP contribution in [0.2, 0.25) is 0 Å². The Morgan fingerprint density at radius 3 is 2.59 bits per heavy atom. The average molecular weight is 505 g/mol. The van der Waals surface area contributed by atoms with E-state index in [1.807, 2.05) is 0 Å². The third-order valence-electron chi connectivity index (χ3n) is 4.49. The maximum absolute atomic E-state index is 12.3. The number of nitrogens with one attached hydrogen (secondary N) is 2. The molecule has 0 radical (unpaired) electrons. The summed E-state index contributed by atoms with van der Waals surface area (Å²) in [6.45, 7) is -0.718. The van der Waals surface area contributed by atoms with Gasteiger partial charge in [-0.1, -0.05) is 22.0 Å². The fourth-order valence-electron chi connectivity index (χ4n) is 2.91. The Balaban J connectivity index is 1.48. The molecule has 2 N–H and O–H groups in total. The maximum atomic E-state index is 12.3. The largest absolute Gasteiger partial charge is 0.455 e. The highest BCUT2D eigenvalue weighted by atomic mass is 79.9. The lowest BCUT2D eigenvalue weighted by Crippen LogP contribution is -2.43. The van der Waals surface area contributed by atoms with Crippen LogP contribution in [0.1, 0.15) is 16.8 Å². The number of carbonyl (C=O) groups excluding carboxylic acids is 4. The summed E-state index contributed by atoms with van der Waals surface area (Å²) >= 11 is 3.27. The summed E-state index contributed by atoms with van der Waals surface area (Å²) in [6.07, 6.45) is -0.175. The van der Waals surface area contributed by atoms with Gasteiger partial charge in [-0.15, -0.1) is 0 Å². The molecule has 1 saturated heterocycles. The molecular formula is C20H17BrN4O7. The normalized spacial score (nSPS) is 15.2. The zero-order valence-electron chi connectivity index (χ0n) is 16.4. The van der Waals surface area contributed by atoms with Gasteiger partial charge in [0.05, 0.1) is 17.4 Å². The maximum Gasteiger partial charge on any atom is 0.311 e. The number of ether oxygens (including phenoxy) is 1. The van der Waals surface area contributed by atoms with Crippen molar-refractivity contribution in [3.05, 3.63) is 68.7 Å². The van der Waals surface area contributed by atoms with Crippen molar-refractivity contribution in [2.75, 3.05) is 18.5 Å². The number of halogens is 1. The van der Waals surface area contributed by atoms with Crippen molar-refractivity contribution in [2.24, 2.45) is 5.92 Å². The van der Waals surface area contributed by atoms with Gasteiger partial charge in [0.2, 0.25) is 5.91 Å². The summed E-state index contributed by atoms with van der Waals surface area (Å²) in [7, 11) is 0. The van der Waals surface area contributed by atoms with Crippen LogP contribution in [0.25, 0.3) is 0 Å². The molecule has 2 aromatic carbocycles. The third kappa shape index (κ3) is 5.88. The van der Waals surface area contributed by atoms with Gasteiger partial charge in [0, 0.05) is 34.3 Å². The fourth-order valence-corrected chi connectivity index (χ4v) is 3.18. The van der Waals surface area contributed by atoms with Crippen molar-refractivity contribution in [1.29, 1.82) is 0 Å². The van der Waals surface area contributed by atoms with Gasteiger partial charge in [-0.2, -0.15) is 0 Å². The highest BCUT2D eigenvalue weighted by Gasteiger charge is 2.36. The number of anilines is 1. The van der Waals surface area contributed by atoms with E-state index in [9.17, 15) is 29.3 Å². The number of rotatable bonds is 7. The summed E-state index contributed by atoms with van der Waals surface area (Å²) < 4.78 is 5.75. The average Bonchev–Trinajstić information content (AvgIpc) is 3.13. The first kappa shape index (κ1) is 22.9. The van der Waals surface area contributed by atoms with Crippen LogP contribution in [0.3, 0.4) is 0 Å². The molecule has 1 aliphatic heterocycles. The Labute approximate surface area is 190 Å². The summed E-state index contributed by atoms with van der Waals surface area (Å²) in [5, 5.41) is 14.2. The van der Waals surface area contributed by atoms with Crippen LogP contribution >= 0.6 is 15.9 Å². The number of hydrogen-bond acceptors (Lipinski definition) is 7. The Bertz CT molecular complexity index is 1070. The molecule has 1 heterocycles. The van der Waals surface area contributed by atoms with Crippen LogP contribution in [-0.4, -0.2) is 46.8 Å². The van der Waals surface area contributed by atoms with E-state index in [-0.39, 0.29) is 24.3 Å². The number of carbonyl (C=O) groups is 4. The fraction of sp³-hybridized carbons (Fsp3) is 0.200. The second-order valence-corrected chi connectivity index (χ2v) is 7.73. The van der Waals surface area contributed by atoms with Crippen LogP contribution in [0, 0.1) is 16.0 Å². The molecule has 12 heteroatoms. The molecule has 0 aliphatic carbocycles. The molecular weight excluding hydrogens is 488 g/mol. The molecule has 1 fully saturated rings. The van der Waals surface area contributed by atoms with Gasteiger partial charge in [0.1, 0.15) is 0 Å². The van der Waals surface area contributed by atoms with Crippen molar-refractivity contribution in [1.82, 2.24) is 10.4 Å². The molecule has 32 heavy (non-hydrogen) atoms. The van der Waals surface area contributed by atoms with Crippen LogP contribution < -0.4 is 10.7 Å². The van der Waals surface area contributed by atoms with Gasteiger partial charge < -0.3 is 10.1 Å². The van der Waals surface area contributed by atoms with Crippen LogP contribution in [0.5, 0.6) is 0 Å². The van der Waals surface area contributed by atoms with Gasteiger partial charge in [-0.05, 0) is 30.3 Å².